The van der Waals surface area contributed by atoms with E-state index in [1.807, 2.05) is 0 Å². The van der Waals surface area contributed by atoms with Gasteiger partial charge in [-0.1, -0.05) is 52.0 Å². The summed E-state index contributed by atoms with van der Waals surface area (Å²) in [4.78, 5) is 51.8. The molecule has 0 N–H and O–H groups in total. The number of esters is 4. The van der Waals surface area contributed by atoms with Gasteiger partial charge in [0.05, 0.1) is 38.6 Å². The van der Waals surface area contributed by atoms with Crippen LogP contribution in [0.15, 0.2) is 133 Å². The van der Waals surface area contributed by atoms with Crippen LogP contribution in [0.1, 0.15) is 82.0 Å². The number of rotatable bonds is 19. The van der Waals surface area contributed by atoms with Crippen molar-refractivity contribution in [3.05, 3.63) is 156 Å². The third kappa shape index (κ3) is 12.7. The van der Waals surface area contributed by atoms with Crippen molar-refractivity contribution in [1.82, 2.24) is 0 Å². The second-order valence-electron chi connectivity index (χ2n) is 15.4. The first-order valence-electron chi connectivity index (χ1n) is 20.8. The average molecular weight is 867 g/mol. The number of hydrogen-bond acceptors (Lipinski definition) is 12. The Hall–Kier alpha value is -7.60. The van der Waals surface area contributed by atoms with Gasteiger partial charge in [0, 0.05) is 12.1 Å². The molecule has 0 fully saturated rings. The lowest BCUT2D eigenvalue weighted by Gasteiger charge is -2.12. The molecule has 0 aliphatic heterocycles. The maximum atomic E-state index is 13.0. The Morgan fingerprint density at radius 1 is 0.391 bits per heavy atom. The maximum Gasteiger partial charge on any atom is 0.347 e. The van der Waals surface area contributed by atoms with Crippen molar-refractivity contribution < 1.29 is 57.1 Å². The minimum atomic E-state index is -0.621. The predicted octanol–water partition coefficient (Wildman–Crippen LogP) is 11.1. The van der Waals surface area contributed by atoms with Gasteiger partial charge >= 0.3 is 23.9 Å². The quantitative estimate of drug-likeness (QED) is 0.0565. The first-order valence-corrected chi connectivity index (χ1v) is 20.8. The Bertz CT molecular complexity index is 2350. The highest BCUT2D eigenvalue weighted by atomic mass is 16.6. The zero-order valence-electron chi connectivity index (χ0n) is 36.6. The second-order valence-corrected chi connectivity index (χ2v) is 15.4. The molecule has 0 atom stereocenters. The Balaban J connectivity index is 0.970. The fourth-order valence-electron chi connectivity index (χ4n) is 6.09. The van der Waals surface area contributed by atoms with Crippen LogP contribution in [0.3, 0.4) is 0 Å². The van der Waals surface area contributed by atoms with E-state index in [1.165, 1.54) is 62.8 Å². The van der Waals surface area contributed by atoms with Gasteiger partial charge in [-0.05, 0) is 133 Å². The molecular weight excluding hydrogens is 817 g/mol. The Morgan fingerprint density at radius 2 is 0.688 bits per heavy atom. The smallest absolute Gasteiger partial charge is 0.347 e. The molecular formula is C52H50O12. The van der Waals surface area contributed by atoms with Gasteiger partial charge in [-0.25, -0.2) is 19.2 Å². The molecule has 0 aromatic heterocycles. The maximum absolute atomic E-state index is 13.0. The van der Waals surface area contributed by atoms with Gasteiger partial charge in [0.2, 0.25) is 0 Å². The van der Waals surface area contributed by atoms with Crippen molar-refractivity contribution in [2.75, 3.05) is 27.4 Å². The molecule has 0 heterocycles. The van der Waals surface area contributed by atoms with E-state index >= 15 is 0 Å². The summed E-state index contributed by atoms with van der Waals surface area (Å²) >= 11 is 0. The molecule has 0 saturated carbocycles. The molecule has 0 aliphatic carbocycles. The number of methoxy groups -OCH3 is 2. The molecule has 0 bridgehead atoms. The first-order chi connectivity index (χ1) is 30.9. The third-order valence-corrected chi connectivity index (χ3v) is 9.78. The van der Waals surface area contributed by atoms with Crippen LogP contribution in [0.5, 0.6) is 46.0 Å². The summed E-state index contributed by atoms with van der Waals surface area (Å²) in [5.41, 5.74) is 2.65. The van der Waals surface area contributed by atoms with E-state index < -0.39 is 23.9 Å². The van der Waals surface area contributed by atoms with Crippen molar-refractivity contribution in [3.63, 3.8) is 0 Å². The van der Waals surface area contributed by atoms with Crippen LogP contribution in [0.2, 0.25) is 0 Å². The predicted molar refractivity (Wildman–Crippen MR) is 240 cm³/mol. The van der Waals surface area contributed by atoms with Crippen molar-refractivity contribution in [1.29, 1.82) is 0 Å². The normalized spacial score (nSPS) is 10.8. The number of hydrogen-bond donors (Lipinski definition) is 0. The molecule has 12 nitrogen and oxygen atoms in total. The monoisotopic (exact) mass is 866 g/mol. The summed E-state index contributed by atoms with van der Waals surface area (Å²) < 4.78 is 44.6. The largest absolute Gasteiger partial charge is 0.496 e. The van der Waals surface area contributed by atoms with Crippen LogP contribution < -0.4 is 37.9 Å². The van der Waals surface area contributed by atoms with E-state index in [9.17, 15) is 19.2 Å². The average Bonchev–Trinajstić information content (AvgIpc) is 3.29. The van der Waals surface area contributed by atoms with E-state index in [1.54, 1.807) is 84.9 Å². The minimum absolute atomic E-state index is 0.232. The zero-order chi connectivity index (χ0) is 45.6. The SMILES string of the molecule is COc1cc(OCCC(C)C)ccc1C(=O)Oc1ccc(C(=O)Oc2ccc(-c3ccc(OC(=O)c4ccc(OC(=O)c5ccc(OCCC(C)C)cc5OC)cc4)cc3)cc2)cc1. The van der Waals surface area contributed by atoms with Crippen LogP contribution in [-0.2, 0) is 0 Å². The Kier molecular flexibility index (Phi) is 15.8. The highest BCUT2D eigenvalue weighted by Gasteiger charge is 2.19. The molecule has 6 aromatic rings. The topological polar surface area (TPSA) is 142 Å². The van der Waals surface area contributed by atoms with Crippen molar-refractivity contribution in [3.8, 4) is 57.1 Å². The number of carbonyl (C=O) groups is 4. The van der Waals surface area contributed by atoms with Gasteiger partial charge in [0.15, 0.2) is 0 Å². The lowest BCUT2D eigenvalue weighted by molar-refractivity contribution is 0.0717. The molecule has 0 unspecified atom stereocenters. The van der Waals surface area contributed by atoms with Gasteiger partial charge in [-0.3, -0.25) is 0 Å². The van der Waals surface area contributed by atoms with E-state index in [0.29, 0.717) is 59.5 Å². The van der Waals surface area contributed by atoms with Gasteiger partial charge < -0.3 is 37.9 Å². The van der Waals surface area contributed by atoms with Gasteiger partial charge in [-0.15, -0.1) is 0 Å². The summed E-state index contributed by atoms with van der Waals surface area (Å²) in [5.74, 6) is 1.55. The standard InChI is InChI=1S/C52H50O12/c1-33(2)27-29-59-43-23-25-45(47(31-43)57-5)51(55)63-41-19-11-37(12-20-41)49(53)61-39-15-7-35(8-16-39)36-9-17-40(18-10-36)62-50(54)38-13-21-42(22-14-38)64-52(56)46-26-24-44(32-48(46)58-6)60-30-28-34(3)4/h7-26,31-34H,27-30H2,1-6H3. The minimum Gasteiger partial charge on any atom is -0.496 e. The van der Waals surface area contributed by atoms with Gasteiger partial charge in [0.1, 0.15) is 57.1 Å². The molecule has 12 heteroatoms. The van der Waals surface area contributed by atoms with Crippen LogP contribution in [0.4, 0.5) is 0 Å². The van der Waals surface area contributed by atoms with Crippen molar-refractivity contribution >= 4 is 23.9 Å². The Morgan fingerprint density at radius 3 is 1.00 bits per heavy atom. The van der Waals surface area contributed by atoms with Gasteiger partial charge in [0.25, 0.3) is 0 Å². The molecule has 330 valence electrons. The number of carbonyl (C=O) groups excluding carboxylic acids is 4. The summed E-state index contributed by atoms with van der Waals surface area (Å²) in [6.45, 7) is 9.57. The second kappa shape index (κ2) is 22.0. The van der Waals surface area contributed by atoms with E-state index in [-0.39, 0.29) is 33.8 Å². The molecule has 0 saturated heterocycles. The van der Waals surface area contributed by atoms with E-state index in [4.69, 9.17) is 37.9 Å². The molecule has 0 radical (unpaired) electrons. The molecule has 0 spiro atoms. The fraction of sp³-hybridized carbons (Fsp3) is 0.231. The third-order valence-electron chi connectivity index (χ3n) is 9.78. The van der Waals surface area contributed by atoms with Gasteiger partial charge in [-0.2, -0.15) is 0 Å². The zero-order valence-corrected chi connectivity index (χ0v) is 36.6. The van der Waals surface area contributed by atoms with Crippen molar-refractivity contribution in [2.24, 2.45) is 11.8 Å². The summed E-state index contributed by atoms with van der Waals surface area (Å²) in [6, 6.07) is 35.8. The molecule has 0 amide bonds. The lowest BCUT2D eigenvalue weighted by Crippen LogP contribution is -2.11. The van der Waals surface area contributed by atoms with Crippen LogP contribution in [0, 0.1) is 11.8 Å². The molecule has 6 aromatic carbocycles. The number of ether oxygens (including phenoxy) is 8. The fourth-order valence-corrected chi connectivity index (χ4v) is 6.09. The number of benzene rings is 6. The molecule has 6 rings (SSSR count). The Labute approximate surface area is 372 Å². The first kappa shape index (κ1) is 45.9. The summed E-state index contributed by atoms with van der Waals surface area (Å²) in [6.07, 6.45) is 1.80. The summed E-state index contributed by atoms with van der Waals surface area (Å²) in [5, 5.41) is 0. The van der Waals surface area contributed by atoms with E-state index in [2.05, 4.69) is 27.7 Å². The van der Waals surface area contributed by atoms with Crippen LogP contribution in [0.25, 0.3) is 11.1 Å². The lowest BCUT2D eigenvalue weighted by atomic mass is 10.1. The van der Waals surface area contributed by atoms with E-state index in [0.717, 1.165) is 24.0 Å². The highest BCUT2D eigenvalue weighted by molar-refractivity contribution is 5.96. The molecule has 64 heavy (non-hydrogen) atoms. The summed E-state index contributed by atoms with van der Waals surface area (Å²) in [7, 11) is 2.93. The van der Waals surface area contributed by atoms with Crippen LogP contribution in [-0.4, -0.2) is 51.3 Å². The highest BCUT2D eigenvalue weighted by Crippen LogP contribution is 2.30. The van der Waals surface area contributed by atoms with Crippen LogP contribution >= 0.6 is 0 Å². The van der Waals surface area contributed by atoms with Crippen molar-refractivity contribution in [2.45, 2.75) is 40.5 Å². The molecule has 0 aliphatic rings.